The van der Waals surface area contributed by atoms with Crippen molar-refractivity contribution in [1.82, 2.24) is 15.1 Å². The maximum absolute atomic E-state index is 12.8. The van der Waals surface area contributed by atoms with E-state index in [1.165, 1.54) is 19.3 Å². The molecule has 3 rings (SSSR count). The van der Waals surface area contributed by atoms with Crippen molar-refractivity contribution in [3.05, 3.63) is 0 Å². The minimum Gasteiger partial charge on any atom is -0.342 e. The highest BCUT2D eigenvalue weighted by Gasteiger charge is 2.40. The molecular formula is C18H31N3O2. The lowest BCUT2D eigenvalue weighted by Crippen LogP contribution is -2.43. The van der Waals surface area contributed by atoms with Gasteiger partial charge < -0.3 is 15.1 Å². The maximum atomic E-state index is 12.8. The Balaban J connectivity index is 1.48. The van der Waals surface area contributed by atoms with Crippen LogP contribution >= 0.6 is 0 Å². The van der Waals surface area contributed by atoms with E-state index in [1.54, 1.807) is 0 Å². The number of nitrogens with one attached hydrogen (secondary N) is 1. The van der Waals surface area contributed by atoms with E-state index in [4.69, 9.17) is 0 Å². The van der Waals surface area contributed by atoms with Crippen LogP contribution in [0.15, 0.2) is 0 Å². The van der Waals surface area contributed by atoms with Gasteiger partial charge in [-0.2, -0.15) is 0 Å². The van der Waals surface area contributed by atoms with Gasteiger partial charge in [-0.05, 0) is 51.6 Å². The normalized spacial score (nSPS) is 27.2. The van der Waals surface area contributed by atoms with E-state index < -0.39 is 0 Å². The van der Waals surface area contributed by atoms with E-state index in [2.05, 4.69) is 5.32 Å². The van der Waals surface area contributed by atoms with Crippen molar-refractivity contribution in [1.29, 1.82) is 0 Å². The fourth-order valence-corrected chi connectivity index (χ4v) is 4.51. The summed E-state index contributed by atoms with van der Waals surface area (Å²) < 4.78 is 0. The molecular weight excluding hydrogens is 290 g/mol. The largest absolute Gasteiger partial charge is 0.342 e. The number of carbonyl (C=O) groups is 2. The van der Waals surface area contributed by atoms with Gasteiger partial charge >= 0.3 is 0 Å². The van der Waals surface area contributed by atoms with Crippen molar-refractivity contribution in [3.8, 4) is 0 Å². The molecule has 0 aromatic heterocycles. The Morgan fingerprint density at radius 3 is 2.52 bits per heavy atom. The van der Waals surface area contributed by atoms with Crippen LogP contribution in [0.1, 0.15) is 51.4 Å². The Labute approximate surface area is 139 Å². The first-order valence-electron chi connectivity index (χ1n) is 9.42. The smallest absolute Gasteiger partial charge is 0.227 e. The van der Waals surface area contributed by atoms with E-state index in [0.29, 0.717) is 19.0 Å². The van der Waals surface area contributed by atoms with Crippen molar-refractivity contribution in [2.45, 2.75) is 57.4 Å². The van der Waals surface area contributed by atoms with Crippen LogP contribution in [0.3, 0.4) is 0 Å². The molecule has 1 N–H and O–H groups in total. The number of carbonyl (C=O) groups excluding carboxylic acids is 2. The van der Waals surface area contributed by atoms with E-state index >= 15 is 0 Å². The van der Waals surface area contributed by atoms with E-state index in [9.17, 15) is 9.59 Å². The first kappa shape index (κ1) is 16.7. The Bertz CT molecular complexity index is 426. The zero-order chi connectivity index (χ0) is 16.2. The summed E-state index contributed by atoms with van der Waals surface area (Å²) in [6.45, 7) is 3.48. The van der Waals surface area contributed by atoms with E-state index in [0.717, 1.165) is 51.2 Å². The number of nitrogens with zero attached hydrogens (tertiary/aromatic N) is 2. The summed E-state index contributed by atoms with van der Waals surface area (Å²) in [5.74, 6) is 1.09. The fourth-order valence-electron chi connectivity index (χ4n) is 4.51. The summed E-state index contributed by atoms with van der Waals surface area (Å²) in [5.41, 5.74) is 0. The van der Waals surface area contributed by atoms with Crippen LogP contribution in [-0.2, 0) is 9.59 Å². The lowest BCUT2D eigenvalue weighted by atomic mass is 9.92. The Morgan fingerprint density at radius 2 is 1.87 bits per heavy atom. The lowest BCUT2D eigenvalue weighted by molar-refractivity contribution is -0.137. The van der Waals surface area contributed by atoms with Crippen LogP contribution in [0.4, 0.5) is 0 Å². The molecule has 1 unspecified atom stereocenters. The molecule has 1 atom stereocenters. The topological polar surface area (TPSA) is 52.7 Å². The molecule has 0 spiro atoms. The highest BCUT2D eigenvalue weighted by molar-refractivity contribution is 5.89. The summed E-state index contributed by atoms with van der Waals surface area (Å²) in [5, 5.41) is 3.21. The summed E-state index contributed by atoms with van der Waals surface area (Å²) in [6, 6.07) is 0.410. The zero-order valence-electron chi connectivity index (χ0n) is 14.4. The molecule has 2 aliphatic heterocycles. The molecule has 0 aromatic carbocycles. The first-order chi connectivity index (χ1) is 11.2. The number of rotatable bonds is 5. The van der Waals surface area contributed by atoms with Crippen molar-refractivity contribution in [2.24, 2.45) is 11.8 Å². The molecule has 0 radical (unpaired) electrons. The predicted molar refractivity (Wildman–Crippen MR) is 89.9 cm³/mol. The van der Waals surface area contributed by atoms with Crippen molar-refractivity contribution >= 4 is 11.8 Å². The molecule has 3 fully saturated rings. The van der Waals surface area contributed by atoms with Crippen molar-refractivity contribution < 1.29 is 9.59 Å². The standard InChI is InChI=1S/C18H31N3O2/c1-19-9-6-14-7-10-20(11-8-14)18(23)15-12-17(22)21(13-15)16-4-2-3-5-16/h14-16,19H,2-13H2,1H3. The van der Waals surface area contributed by atoms with Crippen molar-refractivity contribution in [3.63, 3.8) is 0 Å². The third-order valence-corrected chi connectivity index (χ3v) is 6.00. The summed E-state index contributed by atoms with van der Waals surface area (Å²) >= 11 is 0. The Morgan fingerprint density at radius 1 is 1.17 bits per heavy atom. The number of hydrogen-bond donors (Lipinski definition) is 1. The molecule has 2 saturated heterocycles. The third kappa shape index (κ3) is 3.87. The highest BCUT2D eigenvalue weighted by atomic mass is 16.2. The number of amides is 2. The lowest BCUT2D eigenvalue weighted by Gasteiger charge is -2.33. The Hall–Kier alpha value is -1.10. The van der Waals surface area contributed by atoms with Gasteiger partial charge in [0.05, 0.1) is 5.92 Å². The molecule has 0 aromatic rings. The van der Waals surface area contributed by atoms with Crippen LogP contribution < -0.4 is 5.32 Å². The van der Waals surface area contributed by atoms with Crippen LogP contribution in [0.25, 0.3) is 0 Å². The quantitative estimate of drug-likeness (QED) is 0.837. The maximum Gasteiger partial charge on any atom is 0.227 e. The van der Waals surface area contributed by atoms with Gasteiger partial charge in [-0.3, -0.25) is 9.59 Å². The number of piperidine rings is 1. The molecule has 3 aliphatic rings. The molecule has 0 bridgehead atoms. The molecule has 1 aliphatic carbocycles. The molecule has 23 heavy (non-hydrogen) atoms. The molecule has 130 valence electrons. The number of hydrogen-bond acceptors (Lipinski definition) is 3. The van der Waals surface area contributed by atoms with Crippen LogP contribution in [0, 0.1) is 11.8 Å². The second-order valence-corrected chi connectivity index (χ2v) is 7.55. The Kier molecular flexibility index (Phi) is 5.57. The van der Waals surface area contributed by atoms with E-state index in [-0.39, 0.29) is 17.7 Å². The summed E-state index contributed by atoms with van der Waals surface area (Å²) in [7, 11) is 1.99. The van der Waals surface area contributed by atoms with Gasteiger partial charge in [0.25, 0.3) is 0 Å². The summed E-state index contributed by atoms with van der Waals surface area (Å²) in [6.07, 6.45) is 8.58. The van der Waals surface area contributed by atoms with Gasteiger partial charge in [0, 0.05) is 32.1 Å². The van der Waals surface area contributed by atoms with Gasteiger partial charge in [0.1, 0.15) is 0 Å². The second-order valence-electron chi connectivity index (χ2n) is 7.55. The van der Waals surface area contributed by atoms with E-state index in [1.807, 2.05) is 16.8 Å². The molecule has 2 heterocycles. The van der Waals surface area contributed by atoms with Gasteiger partial charge in [-0.1, -0.05) is 12.8 Å². The summed E-state index contributed by atoms with van der Waals surface area (Å²) in [4.78, 5) is 29.1. The third-order valence-electron chi connectivity index (χ3n) is 6.00. The van der Waals surface area contributed by atoms with Crippen molar-refractivity contribution in [2.75, 3.05) is 33.2 Å². The minimum atomic E-state index is -0.0861. The average Bonchev–Trinajstić information content (AvgIpc) is 3.22. The molecule has 1 saturated carbocycles. The monoisotopic (exact) mass is 321 g/mol. The highest BCUT2D eigenvalue weighted by Crippen LogP contribution is 2.31. The molecule has 2 amide bonds. The first-order valence-corrected chi connectivity index (χ1v) is 9.42. The number of likely N-dealkylation sites (tertiary alicyclic amines) is 2. The van der Waals surface area contributed by atoms with Crippen LogP contribution in [0.2, 0.25) is 0 Å². The predicted octanol–water partition coefficient (Wildman–Crippen LogP) is 1.63. The van der Waals surface area contributed by atoms with Gasteiger partial charge in [0.15, 0.2) is 0 Å². The minimum absolute atomic E-state index is 0.0861. The fraction of sp³-hybridized carbons (Fsp3) is 0.889. The second kappa shape index (κ2) is 7.65. The molecule has 5 heteroatoms. The average molecular weight is 321 g/mol. The zero-order valence-corrected chi connectivity index (χ0v) is 14.4. The van der Waals surface area contributed by atoms with Gasteiger partial charge in [-0.15, -0.1) is 0 Å². The van der Waals surface area contributed by atoms with Crippen LogP contribution in [0.5, 0.6) is 0 Å². The SMILES string of the molecule is CNCCC1CCN(C(=O)C2CC(=O)N(C3CCCC3)C2)CC1. The van der Waals surface area contributed by atoms with Gasteiger partial charge in [0.2, 0.25) is 11.8 Å². The van der Waals surface area contributed by atoms with Crippen LogP contribution in [-0.4, -0.2) is 60.9 Å². The van der Waals surface area contributed by atoms with Gasteiger partial charge in [-0.25, -0.2) is 0 Å². The molecule has 5 nitrogen and oxygen atoms in total.